The maximum absolute atomic E-state index is 13.7. The minimum Gasteiger partial charge on any atom is -0.383 e. The lowest BCUT2D eigenvalue weighted by Crippen LogP contribution is -2.58. The van der Waals surface area contributed by atoms with Gasteiger partial charge in [-0.05, 0) is 48.9 Å². The summed E-state index contributed by atoms with van der Waals surface area (Å²) < 4.78 is 5.10. The van der Waals surface area contributed by atoms with Gasteiger partial charge < -0.3 is 15.0 Å². The molecule has 34 heavy (non-hydrogen) atoms. The van der Waals surface area contributed by atoms with Crippen LogP contribution in [0.15, 0.2) is 48.5 Å². The van der Waals surface area contributed by atoms with Crippen molar-refractivity contribution in [1.82, 2.24) is 15.1 Å². The van der Waals surface area contributed by atoms with Crippen LogP contribution in [0, 0.1) is 12.8 Å². The summed E-state index contributed by atoms with van der Waals surface area (Å²) in [5, 5.41) is 3.59. The summed E-state index contributed by atoms with van der Waals surface area (Å²) in [6, 6.07) is 14.5. The van der Waals surface area contributed by atoms with Crippen LogP contribution in [0.5, 0.6) is 0 Å². The molecule has 0 aromatic heterocycles. The summed E-state index contributed by atoms with van der Waals surface area (Å²) in [5.74, 6) is -0.382. The first kappa shape index (κ1) is 24.2. The molecule has 1 atom stereocenters. The van der Waals surface area contributed by atoms with Crippen LogP contribution >= 0.6 is 11.6 Å². The van der Waals surface area contributed by atoms with Gasteiger partial charge in [0.05, 0.1) is 13.2 Å². The van der Waals surface area contributed by atoms with Gasteiger partial charge in [-0.1, -0.05) is 48.0 Å². The molecule has 2 aromatic rings. The number of hydrogen-bond acceptors (Lipinski definition) is 4. The number of likely N-dealkylation sites (tertiary alicyclic amines) is 1. The van der Waals surface area contributed by atoms with Gasteiger partial charge >= 0.3 is 6.03 Å². The van der Waals surface area contributed by atoms with E-state index in [0.29, 0.717) is 42.9 Å². The monoisotopic (exact) mass is 483 g/mol. The highest BCUT2D eigenvalue weighted by molar-refractivity contribution is 6.31. The maximum atomic E-state index is 13.7. The van der Waals surface area contributed by atoms with Crippen molar-refractivity contribution in [3.63, 3.8) is 0 Å². The van der Waals surface area contributed by atoms with Crippen molar-refractivity contribution in [2.45, 2.75) is 31.7 Å². The Kier molecular flexibility index (Phi) is 7.24. The van der Waals surface area contributed by atoms with Crippen molar-refractivity contribution in [1.29, 1.82) is 0 Å². The topological polar surface area (TPSA) is 79.0 Å². The van der Waals surface area contributed by atoms with E-state index in [9.17, 15) is 14.4 Å². The number of ether oxygens (including phenoxy) is 1. The molecule has 2 aliphatic heterocycles. The van der Waals surface area contributed by atoms with E-state index in [1.54, 1.807) is 6.07 Å². The van der Waals surface area contributed by atoms with E-state index in [0.717, 1.165) is 11.1 Å². The number of urea groups is 1. The van der Waals surface area contributed by atoms with Crippen LogP contribution in [-0.2, 0) is 16.0 Å². The third-order valence-corrected chi connectivity index (χ3v) is 7.37. The lowest BCUT2D eigenvalue weighted by atomic mass is 9.73. The average Bonchev–Trinajstić information content (AvgIpc) is 3.08. The standard InChI is InChI=1S/C26H30ClN3O4/c1-18-7-3-5-9-21(18)23(31)29-13-11-20(12-14-29)26(17-19-8-4-6-10-22(19)27)24(32)30(15-16-34-2)25(33)28-26/h3-10,20H,11-17H2,1-2H3,(H,28,33)/t26-/m0/s1. The fraction of sp³-hybridized carbons (Fsp3) is 0.423. The number of piperidine rings is 1. The number of methoxy groups -OCH3 is 1. The number of halogens is 1. The molecular formula is C26H30ClN3O4. The van der Waals surface area contributed by atoms with Gasteiger partial charge in [0.15, 0.2) is 0 Å². The molecule has 2 saturated heterocycles. The average molecular weight is 484 g/mol. The number of amides is 4. The van der Waals surface area contributed by atoms with Crippen LogP contribution in [0.2, 0.25) is 5.02 Å². The van der Waals surface area contributed by atoms with Crippen molar-refractivity contribution in [2.75, 3.05) is 33.4 Å². The minimum atomic E-state index is -1.10. The zero-order valence-corrected chi connectivity index (χ0v) is 20.3. The summed E-state index contributed by atoms with van der Waals surface area (Å²) >= 11 is 6.44. The van der Waals surface area contributed by atoms with Crippen LogP contribution < -0.4 is 5.32 Å². The van der Waals surface area contributed by atoms with Gasteiger partial charge in [0.25, 0.3) is 11.8 Å². The molecule has 2 aromatic carbocycles. The normalized spacial score (nSPS) is 21.1. The van der Waals surface area contributed by atoms with E-state index in [2.05, 4.69) is 5.32 Å². The van der Waals surface area contributed by atoms with Crippen LogP contribution in [-0.4, -0.2) is 66.5 Å². The summed E-state index contributed by atoms with van der Waals surface area (Å²) in [6.45, 7) is 3.42. The Morgan fingerprint density at radius 2 is 1.79 bits per heavy atom. The van der Waals surface area contributed by atoms with Gasteiger partial charge in [0.2, 0.25) is 0 Å². The zero-order chi connectivity index (χ0) is 24.3. The summed E-state index contributed by atoms with van der Waals surface area (Å²) in [4.78, 5) is 42.7. The Bertz CT molecular complexity index is 1080. The molecule has 0 spiro atoms. The lowest BCUT2D eigenvalue weighted by molar-refractivity contribution is -0.134. The molecule has 0 saturated carbocycles. The number of carbonyl (C=O) groups is 3. The number of hydrogen-bond donors (Lipinski definition) is 1. The first-order valence-electron chi connectivity index (χ1n) is 11.6. The molecule has 0 radical (unpaired) electrons. The highest BCUT2D eigenvalue weighted by Crippen LogP contribution is 2.38. The van der Waals surface area contributed by atoms with Crippen molar-refractivity contribution in [2.24, 2.45) is 5.92 Å². The molecule has 0 bridgehead atoms. The summed E-state index contributed by atoms with van der Waals surface area (Å²) in [5.41, 5.74) is 1.34. The number of aryl methyl sites for hydroxylation is 1. The second-order valence-corrected chi connectivity index (χ2v) is 9.41. The molecule has 8 heteroatoms. The van der Waals surface area contributed by atoms with E-state index in [1.807, 2.05) is 54.3 Å². The van der Waals surface area contributed by atoms with Crippen LogP contribution in [0.3, 0.4) is 0 Å². The largest absolute Gasteiger partial charge is 0.383 e. The van der Waals surface area contributed by atoms with Crippen molar-refractivity contribution >= 4 is 29.4 Å². The van der Waals surface area contributed by atoms with E-state index in [1.165, 1.54) is 12.0 Å². The van der Waals surface area contributed by atoms with E-state index in [4.69, 9.17) is 16.3 Å². The van der Waals surface area contributed by atoms with Crippen molar-refractivity contribution in [3.05, 3.63) is 70.2 Å². The van der Waals surface area contributed by atoms with Crippen LogP contribution in [0.4, 0.5) is 4.79 Å². The minimum absolute atomic E-state index is 0.000193. The molecule has 0 unspecified atom stereocenters. The van der Waals surface area contributed by atoms with Crippen LogP contribution in [0.1, 0.15) is 34.3 Å². The quantitative estimate of drug-likeness (QED) is 0.609. The molecule has 1 N–H and O–H groups in total. The lowest BCUT2D eigenvalue weighted by Gasteiger charge is -2.41. The number of imide groups is 1. The highest BCUT2D eigenvalue weighted by Gasteiger charge is 2.56. The predicted octanol–water partition coefficient (Wildman–Crippen LogP) is 3.68. The van der Waals surface area contributed by atoms with Gasteiger partial charge in [0, 0.05) is 37.2 Å². The maximum Gasteiger partial charge on any atom is 0.325 e. The van der Waals surface area contributed by atoms with E-state index < -0.39 is 11.6 Å². The molecule has 2 fully saturated rings. The Morgan fingerprint density at radius 3 is 2.47 bits per heavy atom. The molecule has 0 aliphatic carbocycles. The number of carbonyl (C=O) groups excluding carboxylic acids is 3. The van der Waals surface area contributed by atoms with Gasteiger partial charge in [-0.2, -0.15) is 0 Å². The SMILES string of the molecule is COCCN1C(=O)N[C@@](Cc2ccccc2Cl)(C2CCN(C(=O)c3ccccc3C)CC2)C1=O. The molecule has 7 nitrogen and oxygen atoms in total. The molecule has 2 aliphatic rings. The Hall–Kier alpha value is -2.90. The third kappa shape index (κ3) is 4.55. The fourth-order valence-corrected chi connectivity index (χ4v) is 5.27. The molecule has 4 amide bonds. The molecule has 4 rings (SSSR count). The van der Waals surface area contributed by atoms with Gasteiger partial charge in [0.1, 0.15) is 5.54 Å². The second-order valence-electron chi connectivity index (χ2n) is 9.00. The third-order valence-electron chi connectivity index (χ3n) is 7.00. The molecular weight excluding hydrogens is 454 g/mol. The smallest absolute Gasteiger partial charge is 0.325 e. The fourth-order valence-electron chi connectivity index (χ4n) is 5.07. The number of nitrogens with zero attached hydrogens (tertiary/aromatic N) is 2. The number of nitrogens with one attached hydrogen (secondary N) is 1. The second kappa shape index (κ2) is 10.2. The van der Waals surface area contributed by atoms with E-state index in [-0.39, 0.29) is 30.9 Å². The summed E-state index contributed by atoms with van der Waals surface area (Å²) in [6.07, 6.45) is 1.51. The van der Waals surface area contributed by atoms with E-state index >= 15 is 0 Å². The predicted molar refractivity (Wildman–Crippen MR) is 130 cm³/mol. The van der Waals surface area contributed by atoms with Crippen molar-refractivity contribution < 1.29 is 19.1 Å². The van der Waals surface area contributed by atoms with Crippen LogP contribution in [0.25, 0.3) is 0 Å². The molecule has 180 valence electrons. The first-order valence-corrected chi connectivity index (χ1v) is 12.0. The Morgan fingerprint density at radius 1 is 1.12 bits per heavy atom. The van der Waals surface area contributed by atoms with Gasteiger partial charge in [-0.3, -0.25) is 14.5 Å². The highest BCUT2D eigenvalue weighted by atomic mass is 35.5. The Labute approximate surface area is 205 Å². The zero-order valence-electron chi connectivity index (χ0n) is 19.6. The number of benzene rings is 2. The molecule has 2 heterocycles. The van der Waals surface area contributed by atoms with Crippen molar-refractivity contribution in [3.8, 4) is 0 Å². The summed E-state index contributed by atoms with van der Waals surface area (Å²) in [7, 11) is 1.54. The first-order chi connectivity index (χ1) is 16.4. The Balaban J connectivity index is 1.58. The van der Waals surface area contributed by atoms with Gasteiger partial charge in [-0.25, -0.2) is 4.79 Å². The number of rotatable bonds is 7. The van der Waals surface area contributed by atoms with Gasteiger partial charge in [-0.15, -0.1) is 0 Å².